The van der Waals surface area contributed by atoms with Crippen LogP contribution in [0, 0.1) is 5.92 Å². The Morgan fingerprint density at radius 1 is 1.15 bits per heavy atom. The Hall–Kier alpha value is -2.82. The molecule has 2 aromatic carbocycles. The van der Waals surface area contributed by atoms with E-state index in [0.29, 0.717) is 6.61 Å². The summed E-state index contributed by atoms with van der Waals surface area (Å²) >= 11 is 0. The second kappa shape index (κ2) is 7.43. The molecule has 1 aromatic heterocycles. The van der Waals surface area contributed by atoms with Crippen molar-refractivity contribution in [2.45, 2.75) is 19.8 Å². The summed E-state index contributed by atoms with van der Waals surface area (Å²) in [5.41, 5.74) is 4.43. The van der Waals surface area contributed by atoms with Crippen LogP contribution < -0.4 is 4.90 Å². The summed E-state index contributed by atoms with van der Waals surface area (Å²) in [5, 5.41) is 0. The topological polar surface area (TPSA) is 47.4 Å². The predicted molar refractivity (Wildman–Crippen MR) is 108 cm³/mol. The first-order chi connectivity index (χ1) is 13.2. The first kappa shape index (κ1) is 17.6. The second-order valence-electron chi connectivity index (χ2n) is 7.05. The predicted octanol–water partition coefficient (Wildman–Crippen LogP) is 4.02. The monoisotopic (exact) mass is 363 g/mol. The van der Waals surface area contributed by atoms with Crippen LogP contribution in [0.2, 0.25) is 0 Å². The molecule has 0 N–H and O–H groups in total. The number of aryl methyl sites for hydroxylation is 1. The number of ether oxygens (including phenoxy) is 1. The van der Waals surface area contributed by atoms with Crippen molar-refractivity contribution in [1.82, 2.24) is 9.55 Å². The van der Waals surface area contributed by atoms with Gasteiger partial charge in [-0.15, -0.1) is 0 Å². The minimum Gasteiger partial charge on any atom is -0.466 e. The van der Waals surface area contributed by atoms with Crippen LogP contribution in [0.4, 0.5) is 5.69 Å². The Bertz CT molecular complexity index is 955. The lowest BCUT2D eigenvalue weighted by molar-refractivity contribution is -0.148. The second-order valence-corrected chi connectivity index (χ2v) is 7.05. The molecule has 5 nitrogen and oxygen atoms in total. The highest BCUT2D eigenvalue weighted by Crippen LogP contribution is 2.29. The molecule has 140 valence electrons. The van der Waals surface area contributed by atoms with Gasteiger partial charge in [-0.2, -0.15) is 0 Å². The average molecular weight is 363 g/mol. The zero-order chi connectivity index (χ0) is 18.8. The van der Waals surface area contributed by atoms with Crippen LogP contribution in [0.3, 0.4) is 0 Å². The molecule has 1 aliphatic heterocycles. The number of benzene rings is 2. The zero-order valence-corrected chi connectivity index (χ0v) is 15.9. The molecule has 1 fully saturated rings. The first-order valence-electron chi connectivity index (χ1n) is 9.61. The lowest BCUT2D eigenvalue weighted by Gasteiger charge is -2.32. The van der Waals surface area contributed by atoms with Gasteiger partial charge in [-0.05, 0) is 44.0 Å². The summed E-state index contributed by atoms with van der Waals surface area (Å²) in [5.74, 6) is 0.953. The fraction of sp³-hybridized carbons (Fsp3) is 0.364. The molecule has 2 heterocycles. The van der Waals surface area contributed by atoms with Gasteiger partial charge in [0.2, 0.25) is 0 Å². The van der Waals surface area contributed by atoms with Gasteiger partial charge in [0.15, 0.2) is 0 Å². The van der Waals surface area contributed by atoms with E-state index in [-0.39, 0.29) is 11.9 Å². The molecule has 0 amide bonds. The zero-order valence-electron chi connectivity index (χ0n) is 15.9. The third-order valence-corrected chi connectivity index (χ3v) is 5.37. The summed E-state index contributed by atoms with van der Waals surface area (Å²) in [6, 6.07) is 16.7. The highest BCUT2D eigenvalue weighted by atomic mass is 16.5. The normalized spacial score (nSPS) is 15.3. The molecule has 0 aliphatic carbocycles. The number of carbonyl (C=O) groups is 1. The minimum absolute atomic E-state index is 0.0317. The van der Waals surface area contributed by atoms with E-state index in [1.54, 1.807) is 0 Å². The number of esters is 1. The molecule has 27 heavy (non-hydrogen) atoms. The molecular weight excluding hydrogens is 338 g/mol. The molecule has 0 unspecified atom stereocenters. The SMILES string of the molecule is CCOC(=O)C1CCN(c2cccc(-c3nc4ccccc4n3C)c2)CC1. The molecule has 4 rings (SSSR count). The van der Waals surface area contributed by atoms with Crippen molar-refractivity contribution in [1.29, 1.82) is 0 Å². The van der Waals surface area contributed by atoms with Crippen molar-refractivity contribution < 1.29 is 9.53 Å². The van der Waals surface area contributed by atoms with Crippen molar-refractivity contribution in [2.75, 3.05) is 24.6 Å². The molecule has 0 bridgehead atoms. The number of fused-ring (bicyclic) bond motifs is 1. The number of piperidine rings is 1. The third-order valence-electron chi connectivity index (χ3n) is 5.37. The van der Waals surface area contributed by atoms with Gasteiger partial charge in [0.05, 0.1) is 23.6 Å². The number of carbonyl (C=O) groups excluding carboxylic acids is 1. The van der Waals surface area contributed by atoms with E-state index in [4.69, 9.17) is 9.72 Å². The van der Waals surface area contributed by atoms with Crippen LogP contribution in [0.1, 0.15) is 19.8 Å². The number of hydrogen-bond donors (Lipinski definition) is 0. The maximum Gasteiger partial charge on any atom is 0.309 e. The van der Waals surface area contributed by atoms with E-state index in [0.717, 1.165) is 48.4 Å². The van der Waals surface area contributed by atoms with Gasteiger partial charge in [-0.1, -0.05) is 24.3 Å². The summed E-state index contributed by atoms with van der Waals surface area (Å²) in [4.78, 5) is 19.1. The maximum atomic E-state index is 12.0. The van der Waals surface area contributed by atoms with Crippen molar-refractivity contribution in [3.8, 4) is 11.4 Å². The highest BCUT2D eigenvalue weighted by molar-refractivity contribution is 5.81. The van der Waals surface area contributed by atoms with Gasteiger partial charge < -0.3 is 14.2 Å². The van der Waals surface area contributed by atoms with Crippen molar-refractivity contribution in [3.05, 3.63) is 48.5 Å². The average Bonchev–Trinajstić information content (AvgIpc) is 3.05. The van der Waals surface area contributed by atoms with Crippen LogP contribution in [0.5, 0.6) is 0 Å². The van der Waals surface area contributed by atoms with Gasteiger partial charge in [-0.3, -0.25) is 4.79 Å². The number of aromatic nitrogens is 2. The Morgan fingerprint density at radius 3 is 2.67 bits per heavy atom. The van der Waals surface area contributed by atoms with E-state index >= 15 is 0 Å². The molecule has 0 atom stereocenters. The molecule has 1 aliphatic rings. The number of rotatable bonds is 4. The van der Waals surface area contributed by atoms with Crippen LogP contribution in [-0.2, 0) is 16.6 Å². The molecule has 1 saturated heterocycles. The number of para-hydroxylation sites is 2. The van der Waals surface area contributed by atoms with E-state index in [2.05, 4.69) is 46.8 Å². The summed E-state index contributed by atoms with van der Waals surface area (Å²) in [6.07, 6.45) is 1.69. The van der Waals surface area contributed by atoms with E-state index in [9.17, 15) is 4.79 Å². The van der Waals surface area contributed by atoms with E-state index < -0.39 is 0 Å². The van der Waals surface area contributed by atoms with Crippen molar-refractivity contribution in [3.63, 3.8) is 0 Å². The summed E-state index contributed by atoms with van der Waals surface area (Å²) < 4.78 is 7.31. The Labute approximate surface area is 159 Å². The molecule has 0 radical (unpaired) electrons. The van der Waals surface area contributed by atoms with Crippen LogP contribution >= 0.6 is 0 Å². The number of hydrogen-bond acceptors (Lipinski definition) is 4. The number of imidazole rings is 1. The lowest BCUT2D eigenvalue weighted by atomic mass is 9.96. The molecular formula is C22H25N3O2. The number of nitrogens with zero attached hydrogens (tertiary/aromatic N) is 3. The lowest BCUT2D eigenvalue weighted by Crippen LogP contribution is -2.36. The quantitative estimate of drug-likeness (QED) is 0.657. The van der Waals surface area contributed by atoms with E-state index in [1.807, 2.05) is 25.1 Å². The smallest absolute Gasteiger partial charge is 0.309 e. The third kappa shape index (κ3) is 3.42. The number of anilines is 1. The first-order valence-corrected chi connectivity index (χ1v) is 9.61. The highest BCUT2D eigenvalue weighted by Gasteiger charge is 2.26. The van der Waals surface area contributed by atoms with Crippen LogP contribution in [0.25, 0.3) is 22.4 Å². The van der Waals surface area contributed by atoms with Gasteiger partial charge in [-0.25, -0.2) is 4.98 Å². The maximum absolute atomic E-state index is 12.0. The molecule has 0 spiro atoms. The fourth-order valence-electron chi connectivity index (χ4n) is 3.88. The van der Waals surface area contributed by atoms with Crippen LogP contribution in [-0.4, -0.2) is 35.2 Å². The molecule has 3 aromatic rings. The van der Waals surface area contributed by atoms with Gasteiger partial charge in [0.1, 0.15) is 5.82 Å². The minimum atomic E-state index is -0.0504. The van der Waals surface area contributed by atoms with Crippen LogP contribution in [0.15, 0.2) is 48.5 Å². The molecule has 0 saturated carbocycles. The van der Waals surface area contributed by atoms with Gasteiger partial charge >= 0.3 is 5.97 Å². The largest absolute Gasteiger partial charge is 0.466 e. The van der Waals surface area contributed by atoms with Crippen molar-refractivity contribution in [2.24, 2.45) is 13.0 Å². The standard InChI is InChI=1S/C22H25N3O2/c1-3-27-22(26)16-11-13-25(14-12-16)18-8-6-7-17(15-18)21-23-19-9-4-5-10-20(19)24(21)2/h4-10,15-16H,3,11-14H2,1-2H3. The summed E-state index contributed by atoms with van der Waals surface area (Å²) in [6.45, 7) is 4.06. The Kier molecular flexibility index (Phi) is 4.84. The van der Waals surface area contributed by atoms with E-state index in [1.165, 1.54) is 5.69 Å². The molecule has 5 heteroatoms. The Morgan fingerprint density at radius 2 is 1.93 bits per heavy atom. The van der Waals surface area contributed by atoms with Crippen molar-refractivity contribution >= 4 is 22.7 Å². The Balaban J connectivity index is 1.55. The summed E-state index contributed by atoms with van der Waals surface area (Å²) in [7, 11) is 2.06. The van der Waals surface area contributed by atoms with Gasteiger partial charge in [0, 0.05) is 31.4 Å². The fourth-order valence-corrected chi connectivity index (χ4v) is 3.88. The van der Waals surface area contributed by atoms with Gasteiger partial charge in [0.25, 0.3) is 0 Å².